The number of carboxylic acid groups (broad SMARTS) is 1. The fraction of sp³-hybridized carbons (Fsp3) is 0.333. The normalized spacial score (nSPS) is 12.0. The maximum absolute atomic E-state index is 13.1. The highest BCUT2D eigenvalue weighted by Gasteiger charge is 2.19. The van der Waals surface area contributed by atoms with Crippen LogP contribution >= 0.6 is 0 Å². The summed E-state index contributed by atoms with van der Waals surface area (Å²) >= 11 is 0. The quantitative estimate of drug-likeness (QED) is 0.761. The first-order chi connectivity index (χ1) is 8.86. The van der Waals surface area contributed by atoms with Gasteiger partial charge in [-0.15, -0.1) is 0 Å². The molecule has 4 N–H and O–H groups in total. The monoisotopic (exact) mass is 272 g/mol. The molecule has 1 atom stereocenters. The van der Waals surface area contributed by atoms with E-state index in [1.807, 2.05) is 6.92 Å². The predicted octanol–water partition coefficient (Wildman–Crippen LogP) is 1.73. The molecular weight excluding hydrogens is 258 g/mol. The number of amides is 1. The highest BCUT2D eigenvalue weighted by atomic mass is 19.2. The molecule has 0 heterocycles. The number of carboxylic acids is 1. The maximum Gasteiger partial charge on any atom is 0.337 e. The Labute approximate surface area is 108 Å². The molecule has 19 heavy (non-hydrogen) atoms. The molecule has 104 valence electrons. The van der Waals surface area contributed by atoms with Crippen molar-refractivity contribution in [2.45, 2.75) is 25.8 Å². The molecule has 0 saturated heterocycles. The largest absolute Gasteiger partial charge is 0.478 e. The summed E-state index contributed by atoms with van der Waals surface area (Å²) in [6.45, 7) is 1.83. The average molecular weight is 272 g/mol. The van der Waals surface area contributed by atoms with Gasteiger partial charge in [0.25, 0.3) is 0 Å². The van der Waals surface area contributed by atoms with Crippen molar-refractivity contribution in [2.24, 2.45) is 5.73 Å². The highest BCUT2D eigenvalue weighted by molar-refractivity contribution is 6.02. The van der Waals surface area contributed by atoms with Gasteiger partial charge in [0.05, 0.1) is 17.3 Å². The molecule has 0 aliphatic heterocycles. The zero-order valence-corrected chi connectivity index (χ0v) is 10.2. The molecular formula is C12H14F2N2O3. The fourth-order valence-electron chi connectivity index (χ4n) is 1.49. The standard InChI is InChI=1S/C12H14F2N2O3/c1-2-3-9(15)11(17)16-10-5-8(14)7(13)4-6(10)12(18)19/h4-5,9H,2-3,15H2,1H3,(H,16,17)(H,18,19)/t9-/m1/s1. The van der Waals surface area contributed by atoms with Gasteiger partial charge < -0.3 is 16.2 Å². The van der Waals surface area contributed by atoms with Gasteiger partial charge in [0.2, 0.25) is 5.91 Å². The molecule has 1 aromatic rings. The summed E-state index contributed by atoms with van der Waals surface area (Å²) in [5, 5.41) is 11.1. The lowest BCUT2D eigenvalue weighted by Crippen LogP contribution is -2.35. The molecule has 5 nitrogen and oxygen atoms in total. The number of hydrogen-bond acceptors (Lipinski definition) is 3. The molecule has 1 amide bonds. The van der Waals surface area contributed by atoms with Gasteiger partial charge in [0.1, 0.15) is 0 Å². The SMILES string of the molecule is CCC[C@@H](N)C(=O)Nc1cc(F)c(F)cc1C(=O)O. The second-order valence-electron chi connectivity index (χ2n) is 4.00. The zero-order chi connectivity index (χ0) is 14.6. The van der Waals surface area contributed by atoms with Crippen LogP contribution in [-0.4, -0.2) is 23.0 Å². The van der Waals surface area contributed by atoms with Gasteiger partial charge in [-0.25, -0.2) is 13.6 Å². The molecule has 0 fully saturated rings. The number of halogens is 2. The third-order valence-electron chi connectivity index (χ3n) is 2.49. The summed E-state index contributed by atoms with van der Waals surface area (Å²) in [5.41, 5.74) is 4.69. The third kappa shape index (κ3) is 3.72. The van der Waals surface area contributed by atoms with Crippen LogP contribution in [0.1, 0.15) is 30.1 Å². The van der Waals surface area contributed by atoms with E-state index < -0.39 is 35.1 Å². The van der Waals surface area contributed by atoms with Crippen molar-refractivity contribution in [2.75, 3.05) is 5.32 Å². The number of nitrogens with one attached hydrogen (secondary N) is 1. The third-order valence-corrected chi connectivity index (χ3v) is 2.49. The van der Waals surface area contributed by atoms with Crippen LogP contribution in [0.25, 0.3) is 0 Å². The Hall–Kier alpha value is -2.02. The highest BCUT2D eigenvalue weighted by Crippen LogP contribution is 2.20. The van der Waals surface area contributed by atoms with Crippen molar-refractivity contribution in [3.05, 3.63) is 29.3 Å². The summed E-state index contributed by atoms with van der Waals surface area (Å²) < 4.78 is 26.0. The molecule has 0 spiro atoms. The Morgan fingerprint density at radius 2 is 1.95 bits per heavy atom. The Bertz CT molecular complexity index is 506. The molecule has 0 bridgehead atoms. The number of carbonyl (C=O) groups is 2. The van der Waals surface area contributed by atoms with Gasteiger partial charge in [-0.3, -0.25) is 4.79 Å². The van der Waals surface area contributed by atoms with Crippen LogP contribution in [0, 0.1) is 11.6 Å². The van der Waals surface area contributed by atoms with E-state index in [0.717, 1.165) is 0 Å². The van der Waals surface area contributed by atoms with Gasteiger partial charge in [-0.1, -0.05) is 13.3 Å². The molecule has 1 rings (SSSR count). The lowest BCUT2D eigenvalue weighted by atomic mass is 10.1. The van der Waals surface area contributed by atoms with E-state index in [2.05, 4.69) is 5.32 Å². The average Bonchev–Trinajstić information content (AvgIpc) is 2.33. The van der Waals surface area contributed by atoms with Gasteiger partial charge in [-0.2, -0.15) is 0 Å². The molecule has 7 heteroatoms. The van der Waals surface area contributed by atoms with Crippen molar-refractivity contribution in [3.63, 3.8) is 0 Å². The predicted molar refractivity (Wildman–Crippen MR) is 64.8 cm³/mol. The van der Waals surface area contributed by atoms with Gasteiger partial charge >= 0.3 is 5.97 Å². The number of anilines is 1. The summed E-state index contributed by atoms with van der Waals surface area (Å²) in [7, 11) is 0. The van der Waals surface area contributed by atoms with Crippen LogP contribution in [0.4, 0.5) is 14.5 Å². The number of carbonyl (C=O) groups excluding carboxylic acids is 1. The first-order valence-corrected chi connectivity index (χ1v) is 5.65. The Balaban J connectivity index is 3.03. The Morgan fingerprint density at radius 1 is 1.37 bits per heavy atom. The van der Waals surface area contributed by atoms with Crippen LogP contribution < -0.4 is 11.1 Å². The lowest BCUT2D eigenvalue weighted by molar-refractivity contribution is -0.117. The number of benzene rings is 1. The van der Waals surface area contributed by atoms with Crippen molar-refractivity contribution < 1.29 is 23.5 Å². The summed E-state index contributed by atoms with van der Waals surface area (Å²) in [6.07, 6.45) is 1.07. The number of nitrogens with two attached hydrogens (primary N) is 1. The van der Waals surface area contributed by atoms with Crippen LogP contribution in [0.2, 0.25) is 0 Å². The first kappa shape index (κ1) is 15.0. The number of rotatable bonds is 5. The van der Waals surface area contributed by atoms with Crippen LogP contribution in [-0.2, 0) is 4.79 Å². The van der Waals surface area contributed by atoms with Crippen molar-refractivity contribution >= 4 is 17.6 Å². The molecule has 0 saturated carbocycles. The van der Waals surface area contributed by atoms with Crippen LogP contribution in [0.5, 0.6) is 0 Å². The van der Waals surface area contributed by atoms with E-state index in [4.69, 9.17) is 10.8 Å². The maximum atomic E-state index is 13.1. The second-order valence-corrected chi connectivity index (χ2v) is 4.00. The minimum absolute atomic E-state index is 0.317. The molecule has 0 aliphatic carbocycles. The summed E-state index contributed by atoms with van der Waals surface area (Å²) in [6, 6.07) is 0.299. The summed E-state index contributed by atoms with van der Waals surface area (Å²) in [4.78, 5) is 22.5. The van der Waals surface area contributed by atoms with Crippen LogP contribution in [0.3, 0.4) is 0 Å². The summed E-state index contributed by atoms with van der Waals surface area (Å²) in [5.74, 6) is -4.66. The Kier molecular flexibility index (Phi) is 4.94. The molecule has 1 aromatic carbocycles. The van der Waals surface area contributed by atoms with Crippen LogP contribution in [0.15, 0.2) is 12.1 Å². The van der Waals surface area contributed by atoms with Crippen molar-refractivity contribution in [3.8, 4) is 0 Å². The van der Waals surface area contributed by atoms with Gasteiger partial charge in [0, 0.05) is 6.07 Å². The van der Waals surface area contributed by atoms with E-state index >= 15 is 0 Å². The first-order valence-electron chi connectivity index (χ1n) is 5.65. The van der Waals surface area contributed by atoms with E-state index in [1.54, 1.807) is 0 Å². The van der Waals surface area contributed by atoms with Crippen molar-refractivity contribution in [1.82, 2.24) is 0 Å². The molecule has 0 aromatic heterocycles. The smallest absolute Gasteiger partial charge is 0.337 e. The van der Waals surface area contributed by atoms with E-state index in [1.165, 1.54) is 0 Å². The molecule has 0 radical (unpaired) electrons. The van der Waals surface area contributed by atoms with E-state index in [-0.39, 0.29) is 5.69 Å². The lowest BCUT2D eigenvalue weighted by Gasteiger charge is -2.13. The van der Waals surface area contributed by atoms with Gasteiger partial charge in [-0.05, 0) is 12.5 Å². The zero-order valence-electron chi connectivity index (χ0n) is 10.2. The number of hydrogen-bond donors (Lipinski definition) is 3. The number of aromatic carboxylic acids is 1. The second kappa shape index (κ2) is 6.24. The topological polar surface area (TPSA) is 92.4 Å². The van der Waals surface area contributed by atoms with Gasteiger partial charge in [0.15, 0.2) is 11.6 Å². The van der Waals surface area contributed by atoms with E-state index in [0.29, 0.717) is 25.0 Å². The minimum atomic E-state index is -1.47. The molecule has 0 aliphatic rings. The minimum Gasteiger partial charge on any atom is -0.478 e. The van der Waals surface area contributed by atoms with E-state index in [9.17, 15) is 18.4 Å². The van der Waals surface area contributed by atoms with Crippen molar-refractivity contribution in [1.29, 1.82) is 0 Å². The Morgan fingerprint density at radius 3 is 2.47 bits per heavy atom. The molecule has 0 unspecified atom stereocenters. The fourth-order valence-corrected chi connectivity index (χ4v) is 1.49.